The number of nitrogens with one attached hydrogen (secondary N) is 2. The van der Waals surface area contributed by atoms with E-state index >= 15 is 0 Å². The van der Waals surface area contributed by atoms with Crippen molar-refractivity contribution >= 4 is 11.0 Å². The highest BCUT2D eigenvalue weighted by Gasteiger charge is 2.32. The van der Waals surface area contributed by atoms with Crippen LogP contribution in [0.5, 0.6) is 0 Å². The van der Waals surface area contributed by atoms with Gasteiger partial charge in [0.2, 0.25) is 0 Å². The Hall–Kier alpha value is -1.92. The third kappa shape index (κ3) is 2.52. The van der Waals surface area contributed by atoms with Crippen LogP contribution in [0, 0.1) is 5.92 Å². The molecule has 3 unspecified atom stereocenters. The van der Waals surface area contributed by atoms with E-state index in [2.05, 4.69) is 16.9 Å². The van der Waals surface area contributed by atoms with Gasteiger partial charge in [0.15, 0.2) is 0 Å². The normalized spacial score (nSPS) is 23.5. The van der Waals surface area contributed by atoms with Crippen LogP contribution in [-0.4, -0.2) is 22.7 Å². The van der Waals surface area contributed by atoms with Crippen LogP contribution >= 0.6 is 0 Å². The lowest BCUT2D eigenvalue weighted by Gasteiger charge is -2.24. The van der Waals surface area contributed by atoms with E-state index in [0.29, 0.717) is 11.0 Å². The summed E-state index contributed by atoms with van der Waals surface area (Å²) in [6.45, 7) is 2.84. The molecule has 21 heavy (non-hydrogen) atoms. The van der Waals surface area contributed by atoms with Crippen molar-refractivity contribution in [3.05, 3.63) is 44.5 Å². The Morgan fingerprint density at radius 1 is 1.29 bits per heavy atom. The quantitative estimate of drug-likeness (QED) is 0.735. The zero-order valence-corrected chi connectivity index (χ0v) is 11.9. The summed E-state index contributed by atoms with van der Waals surface area (Å²) in [5.41, 5.74) is 7.23. The molecule has 4 N–H and O–H groups in total. The molecule has 2 heterocycles. The summed E-state index contributed by atoms with van der Waals surface area (Å²) in [6.07, 6.45) is 2.07. The second kappa shape index (κ2) is 5.46. The van der Waals surface area contributed by atoms with Gasteiger partial charge in [-0.25, -0.2) is 0 Å². The van der Waals surface area contributed by atoms with Crippen LogP contribution in [0.2, 0.25) is 0 Å². The smallest absolute Gasteiger partial charge is 0.314 e. The summed E-state index contributed by atoms with van der Waals surface area (Å²) >= 11 is 0. The maximum atomic E-state index is 11.4. The minimum Gasteiger partial charge on any atom is -0.378 e. The van der Waals surface area contributed by atoms with Gasteiger partial charge >= 0.3 is 11.1 Å². The summed E-state index contributed by atoms with van der Waals surface area (Å²) in [4.78, 5) is 27.9. The van der Waals surface area contributed by atoms with Gasteiger partial charge in [0, 0.05) is 18.6 Å². The number of nitrogens with two attached hydrogens (primary N) is 1. The van der Waals surface area contributed by atoms with Gasteiger partial charge in [-0.1, -0.05) is 13.0 Å². The van der Waals surface area contributed by atoms with Gasteiger partial charge in [-0.15, -0.1) is 0 Å². The van der Waals surface area contributed by atoms with E-state index in [1.165, 1.54) is 0 Å². The molecule has 0 bridgehead atoms. The number of benzene rings is 1. The summed E-state index contributed by atoms with van der Waals surface area (Å²) in [5, 5.41) is 0. The maximum absolute atomic E-state index is 11.4. The maximum Gasteiger partial charge on any atom is 0.314 e. The van der Waals surface area contributed by atoms with Gasteiger partial charge in [-0.05, 0) is 30.5 Å². The third-order valence-electron chi connectivity index (χ3n) is 4.26. The topological polar surface area (TPSA) is 101 Å². The highest BCUT2D eigenvalue weighted by molar-refractivity contribution is 5.74. The number of rotatable bonds is 3. The lowest BCUT2D eigenvalue weighted by Crippen LogP contribution is -2.30. The highest BCUT2D eigenvalue weighted by Crippen LogP contribution is 2.33. The zero-order chi connectivity index (χ0) is 15.0. The van der Waals surface area contributed by atoms with Crippen LogP contribution in [-0.2, 0) is 4.74 Å². The van der Waals surface area contributed by atoms with E-state index in [0.717, 1.165) is 25.0 Å². The van der Waals surface area contributed by atoms with Crippen LogP contribution in [0.1, 0.15) is 31.4 Å². The molecule has 1 aromatic heterocycles. The zero-order valence-electron chi connectivity index (χ0n) is 11.9. The van der Waals surface area contributed by atoms with E-state index in [1.54, 1.807) is 6.07 Å². The number of aromatic nitrogens is 2. The van der Waals surface area contributed by atoms with Crippen molar-refractivity contribution < 1.29 is 4.74 Å². The Morgan fingerprint density at radius 2 is 2.00 bits per heavy atom. The number of aromatic amines is 2. The summed E-state index contributed by atoms with van der Waals surface area (Å²) < 4.78 is 5.69. The first kappa shape index (κ1) is 14.0. The van der Waals surface area contributed by atoms with Crippen LogP contribution < -0.4 is 16.9 Å². The average molecular weight is 289 g/mol. The molecular formula is C15H19N3O3. The SMILES string of the molecule is CCC1OCCC1C(N)c1ccc2[nH]c(=O)c(=O)[nH]c2c1. The summed E-state index contributed by atoms with van der Waals surface area (Å²) in [5.74, 6) is 0.280. The summed E-state index contributed by atoms with van der Waals surface area (Å²) in [7, 11) is 0. The molecular weight excluding hydrogens is 270 g/mol. The Balaban J connectivity index is 1.98. The molecule has 0 spiro atoms. The minimum absolute atomic E-state index is 0.141. The standard InChI is InChI=1S/C15H19N3O3/c1-2-12-9(5-6-21-12)13(16)8-3-4-10-11(7-8)18-15(20)14(19)17-10/h3-4,7,9,12-13H,2,5-6,16H2,1H3,(H,17,19)(H,18,20). The molecule has 3 atom stereocenters. The first-order valence-corrected chi connectivity index (χ1v) is 7.23. The fraction of sp³-hybridized carbons (Fsp3) is 0.467. The number of H-pyrrole nitrogens is 2. The molecule has 0 radical (unpaired) electrons. The number of ether oxygens (including phenoxy) is 1. The molecule has 112 valence electrons. The Kier molecular flexibility index (Phi) is 3.65. The predicted octanol–water partition coefficient (Wildman–Crippen LogP) is 1.03. The van der Waals surface area contributed by atoms with E-state index in [9.17, 15) is 9.59 Å². The van der Waals surface area contributed by atoms with E-state index in [4.69, 9.17) is 10.5 Å². The van der Waals surface area contributed by atoms with Crippen LogP contribution in [0.4, 0.5) is 0 Å². The van der Waals surface area contributed by atoms with Crippen molar-refractivity contribution in [2.45, 2.75) is 31.9 Å². The first-order valence-electron chi connectivity index (χ1n) is 7.23. The molecule has 1 fully saturated rings. The van der Waals surface area contributed by atoms with Crippen molar-refractivity contribution in [3.63, 3.8) is 0 Å². The van der Waals surface area contributed by atoms with Crippen molar-refractivity contribution in [2.75, 3.05) is 6.61 Å². The molecule has 1 aliphatic rings. The lowest BCUT2D eigenvalue weighted by atomic mass is 9.87. The molecule has 0 saturated carbocycles. The van der Waals surface area contributed by atoms with Crippen LogP contribution in [0.25, 0.3) is 11.0 Å². The number of fused-ring (bicyclic) bond motifs is 1. The molecule has 0 aliphatic carbocycles. The van der Waals surface area contributed by atoms with Gasteiger partial charge in [-0.2, -0.15) is 0 Å². The van der Waals surface area contributed by atoms with Crippen LogP contribution in [0.15, 0.2) is 27.8 Å². The van der Waals surface area contributed by atoms with E-state index in [-0.39, 0.29) is 18.1 Å². The molecule has 3 rings (SSSR count). The van der Waals surface area contributed by atoms with Gasteiger partial charge in [0.05, 0.1) is 17.1 Å². The van der Waals surface area contributed by atoms with Gasteiger partial charge in [-0.3, -0.25) is 9.59 Å². The van der Waals surface area contributed by atoms with Crippen molar-refractivity contribution in [2.24, 2.45) is 11.7 Å². The fourth-order valence-corrected chi connectivity index (χ4v) is 3.08. The van der Waals surface area contributed by atoms with Crippen molar-refractivity contribution in [1.82, 2.24) is 9.97 Å². The van der Waals surface area contributed by atoms with Gasteiger partial charge in [0.25, 0.3) is 0 Å². The Morgan fingerprint density at radius 3 is 2.71 bits per heavy atom. The van der Waals surface area contributed by atoms with Crippen LogP contribution in [0.3, 0.4) is 0 Å². The van der Waals surface area contributed by atoms with Gasteiger partial charge in [0.1, 0.15) is 0 Å². The second-order valence-electron chi connectivity index (χ2n) is 5.51. The number of hydrogen-bond donors (Lipinski definition) is 3. The van der Waals surface area contributed by atoms with Gasteiger partial charge < -0.3 is 20.4 Å². The van der Waals surface area contributed by atoms with Crippen molar-refractivity contribution in [3.8, 4) is 0 Å². The molecule has 6 heteroatoms. The molecule has 2 aromatic rings. The highest BCUT2D eigenvalue weighted by atomic mass is 16.5. The first-order chi connectivity index (χ1) is 10.1. The third-order valence-corrected chi connectivity index (χ3v) is 4.26. The molecule has 1 aliphatic heterocycles. The molecule has 0 amide bonds. The molecule has 6 nitrogen and oxygen atoms in total. The van der Waals surface area contributed by atoms with Crippen molar-refractivity contribution in [1.29, 1.82) is 0 Å². The predicted molar refractivity (Wildman–Crippen MR) is 80.3 cm³/mol. The minimum atomic E-state index is -0.649. The monoisotopic (exact) mass is 289 g/mol. The summed E-state index contributed by atoms with van der Waals surface area (Å²) in [6, 6.07) is 5.37. The van der Waals surface area contributed by atoms with E-state index in [1.807, 2.05) is 12.1 Å². The number of hydrogen-bond acceptors (Lipinski definition) is 4. The fourth-order valence-electron chi connectivity index (χ4n) is 3.08. The van der Waals surface area contributed by atoms with E-state index < -0.39 is 11.1 Å². The molecule has 1 saturated heterocycles. The Labute approximate surface area is 121 Å². The lowest BCUT2D eigenvalue weighted by molar-refractivity contribution is 0.0813. The Bertz CT molecular complexity index is 765. The molecule has 1 aromatic carbocycles. The average Bonchev–Trinajstić information content (AvgIpc) is 2.95. The second-order valence-corrected chi connectivity index (χ2v) is 5.51. The largest absolute Gasteiger partial charge is 0.378 e.